The van der Waals surface area contributed by atoms with Gasteiger partial charge in [0.1, 0.15) is 0 Å². The molecule has 0 saturated carbocycles. The van der Waals surface area contributed by atoms with Crippen LogP contribution in [-0.4, -0.2) is 29.0 Å². The van der Waals surface area contributed by atoms with Gasteiger partial charge in [0, 0.05) is 0 Å². The molecule has 1 rings (SSSR count). The van der Waals surface area contributed by atoms with Crippen molar-refractivity contribution in [1.29, 1.82) is 0 Å². The summed E-state index contributed by atoms with van der Waals surface area (Å²) >= 11 is -0.374. The third-order valence-corrected chi connectivity index (χ3v) is 2.82. The van der Waals surface area contributed by atoms with E-state index in [4.69, 9.17) is 0 Å². The minimum atomic E-state index is -5.89. The summed E-state index contributed by atoms with van der Waals surface area (Å²) in [5, 5.41) is 0. The number of hydrogen-bond acceptors (Lipinski definition) is 1. The number of alkyl halides is 7. The monoisotopic (exact) mass is 228 g/mol. The van der Waals surface area contributed by atoms with Crippen LogP contribution in [0, 0.1) is 0 Å². The highest BCUT2D eigenvalue weighted by atomic mass is 32.2. The van der Waals surface area contributed by atoms with Crippen molar-refractivity contribution in [2.75, 3.05) is 5.75 Å². The van der Waals surface area contributed by atoms with E-state index in [-0.39, 0.29) is 11.8 Å². The quantitative estimate of drug-likeness (QED) is 0.574. The van der Waals surface area contributed by atoms with Gasteiger partial charge in [-0.25, -0.2) is 17.6 Å². The molecule has 0 aliphatic carbocycles. The van der Waals surface area contributed by atoms with Crippen LogP contribution in [0.5, 0.6) is 0 Å². The van der Waals surface area contributed by atoms with Crippen molar-refractivity contribution >= 4 is 11.8 Å². The van der Waals surface area contributed by atoms with E-state index in [0.29, 0.717) is 0 Å². The Labute approximate surface area is 72.5 Å². The van der Waals surface area contributed by atoms with Crippen molar-refractivity contribution in [1.82, 2.24) is 0 Å². The van der Waals surface area contributed by atoms with Crippen molar-refractivity contribution in [3.05, 3.63) is 0 Å². The Balaban J connectivity index is 3.11. The van der Waals surface area contributed by atoms with E-state index in [0.717, 1.165) is 0 Å². The van der Waals surface area contributed by atoms with Gasteiger partial charge in [0.2, 0.25) is 0 Å². The maximum atomic E-state index is 12.7. The second-order valence-electron chi connectivity index (χ2n) is 2.54. The fourth-order valence-corrected chi connectivity index (χ4v) is 2.00. The van der Waals surface area contributed by atoms with Gasteiger partial charge in [-0.1, -0.05) is 0 Å². The highest BCUT2D eigenvalue weighted by Crippen LogP contribution is 2.57. The number of thioether (sulfide) groups is 1. The Hall–Kier alpha value is -0.140. The lowest BCUT2D eigenvalue weighted by molar-refractivity contribution is -0.299. The fraction of sp³-hybridized carbons (Fsp3) is 1.00. The normalized spacial score (nSPS) is 39.5. The Morgan fingerprint density at radius 3 is 1.77 bits per heavy atom. The fourth-order valence-electron chi connectivity index (χ4n) is 0.900. The lowest BCUT2D eigenvalue weighted by Gasteiger charge is -2.29. The number of hydrogen-bond donors (Lipinski definition) is 0. The van der Waals surface area contributed by atoms with Gasteiger partial charge in [-0.05, 0) is 0 Å². The zero-order chi connectivity index (χ0) is 10.5. The van der Waals surface area contributed by atoms with Gasteiger partial charge in [-0.15, -0.1) is 11.8 Å². The summed E-state index contributed by atoms with van der Waals surface area (Å²) in [6.07, 6.45) is -5.89. The van der Waals surface area contributed by atoms with Crippen molar-refractivity contribution < 1.29 is 30.7 Å². The summed E-state index contributed by atoms with van der Waals surface area (Å²) in [7, 11) is 0. The molecule has 0 nitrogen and oxygen atoms in total. The number of rotatable bonds is 0. The molecule has 0 amide bonds. The highest BCUT2D eigenvalue weighted by molar-refractivity contribution is 8.00. The first-order valence-electron chi connectivity index (χ1n) is 3.02. The topological polar surface area (TPSA) is 0 Å². The van der Waals surface area contributed by atoms with E-state index in [1.165, 1.54) is 0 Å². The van der Waals surface area contributed by atoms with Gasteiger partial charge < -0.3 is 0 Å². The molecule has 1 fully saturated rings. The van der Waals surface area contributed by atoms with E-state index in [9.17, 15) is 30.7 Å². The van der Waals surface area contributed by atoms with Crippen LogP contribution in [0.4, 0.5) is 30.7 Å². The second kappa shape index (κ2) is 2.68. The Morgan fingerprint density at radius 1 is 1.15 bits per heavy atom. The van der Waals surface area contributed by atoms with Crippen LogP contribution < -0.4 is 0 Å². The van der Waals surface area contributed by atoms with Crippen LogP contribution in [0.25, 0.3) is 0 Å². The molecule has 1 saturated heterocycles. The number of halogens is 7. The zero-order valence-electron chi connectivity index (χ0n) is 5.84. The van der Waals surface area contributed by atoms with E-state index < -0.39 is 29.0 Å². The summed E-state index contributed by atoms with van der Waals surface area (Å²) < 4.78 is 85.2. The maximum Gasteiger partial charge on any atom is 0.432 e. The molecule has 13 heavy (non-hydrogen) atoms. The van der Waals surface area contributed by atoms with Crippen LogP contribution >= 0.6 is 11.8 Å². The molecule has 0 spiro atoms. The molecule has 0 aromatic rings. The predicted molar refractivity (Wildman–Crippen MR) is 32.2 cm³/mol. The van der Waals surface area contributed by atoms with Gasteiger partial charge >= 0.3 is 17.8 Å². The molecule has 78 valence electrons. The molecule has 8 heteroatoms. The highest BCUT2D eigenvalue weighted by Gasteiger charge is 2.79. The molecule has 1 aliphatic heterocycles. The molecular formula is C5H3F7S. The summed E-state index contributed by atoms with van der Waals surface area (Å²) in [6.45, 7) is 0. The van der Waals surface area contributed by atoms with Gasteiger partial charge in [0.05, 0.1) is 5.75 Å². The third kappa shape index (κ3) is 1.29. The first-order valence-corrected chi connectivity index (χ1v) is 4.07. The molecule has 0 radical (unpaired) electrons. The molecule has 2 atom stereocenters. The van der Waals surface area contributed by atoms with Gasteiger partial charge in [-0.3, -0.25) is 0 Å². The van der Waals surface area contributed by atoms with Crippen LogP contribution in [0.15, 0.2) is 0 Å². The van der Waals surface area contributed by atoms with Crippen LogP contribution in [0.1, 0.15) is 0 Å². The summed E-state index contributed by atoms with van der Waals surface area (Å²) in [4.78, 5) is 0. The van der Waals surface area contributed by atoms with E-state index in [1.54, 1.807) is 0 Å². The van der Waals surface area contributed by atoms with Gasteiger partial charge in [-0.2, -0.15) is 13.2 Å². The zero-order valence-corrected chi connectivity index (χ0v) is 6.65. The van der Waals surface area contributed by atoms with Crippen LogP contribution in [0.2, 0.25) is 0 Å². The molecule has 0 aromatic carbocycles. The lowest BCUT2D eigenvalue weighted by atomic mass is 10.0. The van der Waals surface area contributed by atoms with Crippen molar-refractivity contribution in [3.63, 3.8) is 0 Å². The van der Waals surface area contributed by atoms with E-state index in [1.807, 2.05) is 0 Å². The summed E-state index contributed by atoms with van der Waals surface area (Å²) in [6, 6.07) is 0. The first-order chi connectivity index (χ1) is 5.63. The summed E-state index contributed by atoms with van der Waals surface area (Å²) in [5.74, 6) is -6.19. The lowest BCUT2D eigenvalue weighted by Crippen LogP contribution is -2.57. The molecule has 0 bridgehead atoms. The van der Waals surface area contributed by atoms with Crippen LogP contribution in [-0.2, 0) is 0 Å². The minimum absolute atomic E-state index is 0.374. The summed E-state index contributed by atoms with van der Waals surface area (Å²) in [5.41, 5.74) is -8.31. The second-order valence-corrected chi connectivity index (χ2v) is 3.58. The smallest absolute Gasteiger partial charge is 0.231 e. The van der Waals surface area contributed by atoms with Gasteiger partial charge in [0.15, 0.2) is 5.50 Å². The molecule has 2 unspecified atom stereocenters. The van der Waals surface area contributed by atoms with Crippen LogP contribution in [0.3, 0.4) is 0 Å². The van der Waals surface area contributed by atoms with E-state index >= 15 is 0 Å². The average Bonchev–Trinajstić information content (AvgIpc) is 2.13. The Morgan fingerprint density at radius 2 is 1.62 bits per heavy atom. The first kappa shape index (κ1) is 10.9. The van der Waals surface area contributed by atoms with Crippen molar-refractivity contribution in [2.45, 2.75) is 23.3 Å². The van der Waals surface area contributed by atoms with Crippen molar-refractivity contribution in [2.24, 2.45) is 0 Å². The third-order valence-electron chi connectivity index (χ3n) is 1.67. The molecule has 0 aromatic heterocycles. The SMILES string of the molecule is FC1SCC(F)(F)C1(F)C(F)(F)F. The van der Waals surface area contributed by atoms with Crippen molar-refractivity contribution in [3.8, 4) is 0 Å². The molecule has 1 heterocycles. The molecular weight excluding hydrogens is 225 g/mol. The standard InChI is InChI=1S/C5H3F7S/c6-2-4(9,5(10,11)12)3(7,8)1-13-2/h2H,1H2. The maximum absolute atomic E-state index is 12.7. The average molecular weight is 228 g/mol. The Bertz CT molecular complexity index is 211. The molecule has 0 N–H and O–H groups in total. The molecule has 1 aliphatic rings. The predicted octanol–water partition coefficient (Wildman–Crippen LogP) is 2.93. The Kier molecular flexibility index (Phi) is 2.25. The van der Waals surface area contributed by atoms with Gasteiger partial charge in [0.25, 0.3) is 0 Å². The van der Waals surface area contributed by atoms with E-state index in [2.05, 4.69) is 0 Å². The largest absolute Gasteiger partial charge is 0.432 e. The minimum Gasteiger partial charge on any atom is -0.231 e.